The fraction of sp³-hybridized carbons (Fsp3) is 0.455. The molecule has 17 nitrogen and oxygen atoms in total. The van der Waals surface area contributed by atoms with Crippen LogP contribution >= 0.6 is 0 Å². The van der Waals surface area contributed by atoms with Crippen molar-refractivity contribution in [2.75, 3.05) is 54.8 Å². The smallest absolute Gasteiger partial charge is 0.329 e. The maximum Gasteiger partial charge on any atom is 0.329 e. The lowest BCUT2D eigenvalue weighted by atomic mass is 9.79. The summed E-state index contributed by atoms with van der Waals surface area (Å²) in [7, 11) is -0.989. The van der Waals surface area contributed by atoms with Crippen LogP contribution in [0.3, 0.4) is 0 Å². The molecule has 1 atom stereocenters. The summed E-state index contributed by atoms with van der Waals surface area (Å²) in [6.07, 6.45) is 6.90. The highest BCUT2D eigenvalue weighted by Crippen LogP contribution is 2.44. The molecule has 1 saturated carbocycles. The highest BCUT2D eigenvalue weighted by molar-refractivity contribution is 7.90. The first kappa shape index (κ1) is 44.1. The summed E-state index contributed by atoms with van der Waals surface area (Å²) in [4.78, 5) is 46.5. The van der Waals surface area contributed by atoms with Crippen molar-refractivity contribution in [2.24, 2.45) is 7.05 Å². The Kier molecular flexibility index (Phi) is 11.6. The lowest BCUT2D eigenvalue weighted by Crippen LogP contribution is -2.49. The molecular weight excluding hydrogens is 868 g/mol. The fourth-order valence-corrected chi connectivity index (χ4v) is 10.9. The molecule has 2 aromatic heterocycles. The number of aryl methyl sites for hydroxylation is 1. The van der Waals surface area contributed by atoms with Crippen molar-refractivity contribution in [1.29, 1.82) is 5.26 Å². The second-order valence-corrected chi connectivity index (χ2v) is 19.1. The van der Waals surface area contributed by atoms with Crippen LogP contribution in [0.15, 0.2) is 47.5 Å². The van der Waals surface area contributed by atoms with E-state index in [2.05, 4.69) is 30.3 Å². The molecule has 3 saturated heterocycles. The van der Waals surface area contributed by atoms with Crippen LogP contribution in [-0.2, 0) is 26.8 Å². The van der Waals surface area contributed by atoms with E-state index in [9.17, 15) is 28.1 Å². The van der Waals surface area contributed by atoms with Gasteiger partial charge < -0.3 is 15.0 Å². The number of carbonyl (C=O) groups excluding carboxylic acids is 2. The Hall–Kier alpha value is -6.08. The lowest BCUT2D eigenvalue weighted by Gasteiger charge is -2.44. The second-order valence-electron chi connectivity index (χ2n) is 17.4. The number of halogens is 3. The van der Waals surface area contributed by atoms with Gasteiger partial charge >= 0.3 is 16.2 Å². The van der Waals surface area contributed by atoms with Crippen LogP contribution in [0.25, 0.3) is 21.8 Å². The van der Waals surface area contributed by atoms with E-state index < -0.39 is 56.3 Å². The zero-order valence-corrected chi connectivity index (χ0v) is 36.9. The molecular formula is C44H48F3N11O6S. The molecule has 1 spiro atoms. The van der Waals surface area contributed by atoms with E-state index >= 15 is 13.2 Å². The SMILES string of the molecule is CCN(C)S(=O)(=O)Nc1ccc(F)c(Nc2ccc3ncn(C4COC5(CCN(C6CCC(c7cc8c(cc7F)c(N7CCC(=O)NC7=O)nn8C)CC6)CC5)C4)c(=O)c3c2F)c1C#N. The first-order valence-electron chi connectivity index (χ1n) is 21.7. The van der Waals surface area contributed by atoms with Crippen LogP contribution in [0.4, 0.5) is 40.8 Å². The zero-order valence-electron chi connectivity index (χ0n) is 36.0. The number of piperidine rings is 1. The van der Waals surface area contributed by atoms with Gasteiger partial charge in [-0.15, -0.1) is 0 Å². The largest absolute Gasteiger partial charge is 0.373 e. The molecule has 1 unspecified atom stereocenters. The number of nitriles is 1. The molecule has 3 amide bonds. The summed E-state index contributed by atoms with van der Waals surface area (Å²) in [5, 5.41) is 19.5. The average molecular weight is 916 g/mol. The first-order valence-corrected chi connectivity index (χ1v) is 23.1. The second kappa shape index (κ2) is 17.0. The van der Waals surface area contributed by atoms with Gasteiger partial charge in [0.15, 0.2) is 11.6 Å². The predicted octanol–water partition coefficient (Wildman–Crippen LogP) is 5.89. The third-order valence-electron chi connectivity index (χ3n) is 13.7. The van der Waals surface area contributed by atoms with Gasteiger partial charge in [0.05, 0.1) is 52.7 Å². The van der Waals surface area contributed by atoms with E-state index in [1.165, 1.54) is 41.0 Å². The van der Waals surface area contributed by atoms with Gasteiger partial charge in [0.25, 0.3) is 5.56 Å². The van der Waals surface area contributed by atoms with Crippen LogP contribution in [0, 0.1) is 28.8 Å². The number of aromatic nitrogens is 4. The van der Waals surface area contributed by atoms with Crippen molar-refractivity contribution >= 4 is 66.8 Å². The number of ether oxygens (including phenoxy) is 1. The van der Waals surface area contributed by atoms with Crippen LogP contribution in [0.5, 0.6) is 0 Å². The van der Waals surface area contributed by atoms with Gasteiger partial charge in [-0.25, -0.2) is 22.9 Å². The molecule has 5 heterocycles. The summed E-state index contributed by atoms with van der Waals surface area (Å²) >= 11 is 0. The number of fused-ring (bicyclic) bond motifs is 2. The fourth-order valence-electron chi connectivity index (χ4n) is 9.91. The molecule has 4 fully saturated rings. The summed E-state index contributed by atoms with van der Waals surface area (Å²) in [6, 6.07) is 9.14. The van der Waals surface area contributed by atoms with E-state index in [0.717, 1.165) is 68.1 Å². The van der Waals surface area contributed by atoms with Crippen molar-refractivity contribution in [3.63, 3.8) is 0 Å². The summed E-state index contributed by atoms with van der Waals surface area (Å²) in [5.74, 6) is -2.31. The van der Waals surface area contributed by atoms with Crippen LogP contribution in [-0.4, -0.2) is 100 Å². The zero-order chi connectivity index (χ0) is 45.9. The number of nitrogens with zero attached hydrogens (tertiary/aromatic N) is 8. The number of nitrogens with one attached hydrogen (secondary N) is 3. The number of urea groups is 1. The topological polar surface area (TPSA) is 200 Å². The molecule has 5 aromatic rings. The molecule has 1 aliphatic carbocycles. The number of amides is 3. The maximum atomic E-state index is 16.3. The number of benzene rings is 3. The van der Waals surface area contributed by atoms with Gasteiger partial charge in [-0.05, 0) is 92.8 Å². The van der Waals surface area contributed by atoms with E-state index in [1.54, 1.807) is 24.7 Å². The van der Waals surface area contributed by atoms with Crippen LogP contribution in [0.2, 0.25) is 0 Å². The summed E-state index contributed by atoms with van der Waals surface area (Å²) < 4.78 is 85.5. The highest BCUT2D eigenvalue weighted by atomic mass is 32.2. The number of hydrogen-bond donors (Lipinski definition) is 3. The van der Waals surface area contributed by atoms with Crippen molar-refractivity contribution in [3.05, 3.63) is 81.7 Å². The Labute approximate surface area is 372 Å². The Morgan fingerprint density at radius 1 is 1.00 bits per heavy atom. The van der Waals surface area contributed by atoms with Crippen molar-refractivity contribution in [3.8, 4) is 6.07 Å². The van der Waals surface area contributed by atoms with Gasteiger partial charge in [-0.2, -0.15) is 23.1 Å². The lowest BCUT2D eigenvalue weighted by molar-refractivity contribution is -0.120. The summed E-state index contributed by atoms with van der Waals surface area (Å²) in [6.45, 7) is 3.70. The molecule has 0 radical (unpaired) electrons. The Morgan fingerprint density at radius 2 is 1.74 bits per heavy atom. The molecule has 3 aliphatic heterocycles. The van der Waals surface area contributed by atoms with Crippen LogP contribution in [0.1, 0.15) is 81.4 Å². The molecule has 3 N–H and O–H groups in total. The van der Waals surface area contributed by atoms with Crippen molar-refractivity contribution in [2.45, 2.75) is 81.9 Å². The number of rotatable bonds is 10. The van der Waals surface area contributed by atoms with Gasteiger partial charge in [-0.3, -0.25) is 33.8 Å². The predicted molar refractivity (Wildman–Crippen MR) is 236 cm³/mol. The summed E-state index contributed by atoms with van der Waals surface area (Å²) in [5.41, 5.74) is -1.12. The molecule has 9 rings (SSSR count). The minimum atomic E-state index is -4.08. The highest BCUT2D eigenvalue weighted by Gasteiger charge is 2.45. The van der Waals surface area contributed by atoms with Gasteiger partial charge in [0, 0.05) is 58.1 Å². The number of carbonyl (C=O) groups is 2. The maximum absolute atomic E-state index is 16.3. The molecule has 0 bridgehead atoms. The molecule has 3 aromatic carbocycles. The Bertz CT molecular complexity index is 2960. The molecule has 21 heteroatoms. The molecule has 4 aliphatic rings. The third-order valence-corrected chi connectivity index (χ3v) is 15.3. The van der Waals surface area contributed by atoms with E-state index in [1.807, 2.05) is 6.07 Å². The first-order chi connectivity index (χ1) is 31.1. The third kappa shape index (κ3) is 8.06. The Morgan fingerprint density at radius 3 is 2.45 bits per heavy atom. The van der Waals surface area contributed by atoms with Crippen LogP contribution < -0.4 is 25.8 Å². The number of likely N-dealkylation sites (tertiary alicyclic amines) is 1. The van der Waals surface area contributed by atoms with Gasteiger partial charge in [-0.1, -0.05) is 6.92 Å². The van der Waals surface area contributed by atoms with E-state index in [4.69, 9.17) is 4.74 Å². The minimum absolute atomic E-state index is 0.0224. The number of hydrogen-bond acceptors (Lipinski definition) is 11. The molecule has 342 valence electrons. The monoisotopic (exact) mass is 915 g/mol. The molecule has 65 heavy (non-hydrogen) atoms. The van der Waals surface area contributed by atoms with Gasteiger partial charge in [0.2, 0.25) is 5.91 Å². The van der Waals surface area contributed by atoms with Gasteiger partial charge in [0.1, 0.15) is 28.7 Å². The Balaban J connectivity index is 0.847. The number of imide groups is 1. The normalized spacial score (nSPS) is 21.6. The number of anilines is 4. The minimum Gasteiger partial charge on any atom is -0.373 e. The standard InChI is InChI=1S/C44H48F3N11O6S/c1-4-54(2)65(62,63)53-33-10-9-31(45)40(30(33)22-48)50-35-12-11-34-38(39(35)47)42(60)58(24-49-34)27-21-44(64-23-27)14-17-56(18-15-44)26-7-5-25(6-8-26)28-20-36-29(19-32(28)46)41(52-55(36)3)57-16-13-37(59)51-43(57)61/h9-12,19-20,24-27,50,53H,4-8,13-18,21,23H2,1-3H3,(H,51,59,61). The van der Waals surface area contributed by atoms with E-state index in [-0.39, 0.29) is 66.0 Å². The van der Waals surface area contributed by atoms with Crippen molar-refractivity contribution in [1.82, 2.24) is 33.9 Å². The van der Waals surface area contributed by atoms with Crippen molar-refractivity contribution < 1.29 is 35.9 Å². The average Bonchev–Trinajstić information content (AvgIpc) is 3.84. The van der Waals surface area contributed by atoms with E-state index in [0.29, 0.717) is 34.7 Å². The quantitative estimate of drug-likeness (QED) is 0.151.